The van der Waals surface area contributed by atoms with Gasteiger partial charge in [-0.1, -0.05) is 35.2 Å². The Balaban J connectivity index is 2.13. The average molecular weight is 452 g/mol. The Labute approximate surface area is 180 Å². The van der Waals surface area contributed by atoms with Crippen LogP contribution in [0.4, 0.5) is 0 Å². The third kappa shape index (κ3) is 4.29. The van der Waals surface area contributed by atoms with Gasteiger partial charge in [-0.05, 0) is 31.5 Å². The van der Waals surface area contributed by atoms with Crippen molar-refractivity contribution in [2.75, 3.05) is 20.3 Å². The number of aromatic amines is 1. The van der Waals surface area contributed by atoms with E-state index in [1.807, 2.05) is 0 Å². The van der Waals surface area contributed by atoms with Gasteiger partial charge in [-0.25, -0.2) is 4.79 Å². The molecule has 1 N–H and O–H groups in total. The van der Waals surface area contributed by atoms with Crippen LogP contribution < -0.4 is 4.87 Å². The molecule has 0 amide bonds. The zero-order valence-corrected chi connectivity index (χ0v) is 18.3. The van der Waals surface area contributed by atoms with Crippen LogP contribution in [0.15, 0.2) is 34.1 Å². The summed E-state index contributed by atoms with van der Waals surface area (Å²) >= 11 is 2.09. The number of hydrogen-bond acceptors (Lipinski definition) is 9. The first-order chi connectivity index (χ1) is 14.4. The molecule has 1 aliphatic heterocycles. The highest BCUT2D eigenvalue weighted by Gasteiger charge is 2.49. The summed E-state index contributed by atoms with van der Waals surface area (Å²) in [7, 11) is 1.29. The molecule has 0 saturated carbocycles. The average Bonchev–Trinajstić information content (AvgIpc) is 3.12. The number of thioether (sulfide) groups is 1. The van der Waals surface area contributed by atoms with Gasteiger partial charge in [-0.2, -0.15) is 0 Å². The van der Waals surface area contributed by atoms with Crippen LogP contribution in [0.25, 0.3) is 0 Å². The van der Waals surface area contributed by atoms with Crippen molar-refractivity contribution in [3.63, 3.8) is 0 Å². The molecular weight excluding hydrogens is 430 g/mol. The van der Waals surface area contributed by atoms with E-state index in [-0.39, 0.29) is 18.1 Å². The smallest absolute Gasteiger partial charge is 0.337 e. The molecule has 3 unspecified atom stereocenters. The molecule has 0 bridgehead atoms. The van der Waals surface area contributed by atoms with Crippen LogP contribution in [-0.4, -0.2) is 48.5 Å². The van der Waals surface area contributed by atoms with Crippen molar-refractivity contribution in [2.24, 2.45) is 5.92 Å². The minimum Gasteiger partial charge on any atom is -0.466 e. The number of nitrogens with one attached hydrogen (secondary N) is 1. The van der Waals surface area contributed by atoms with E-state index < -0.39 is 35.0 Å². The van der Waals surface area contributed by atoms with Gasteiger partial charge >= 0.3 is 22.8 Å². The van der Waals surface area contributed by atoms with Gasteiger partial charge in [0.2, 0.25) is 0 Å². The summed E-state index contributed by atoms with van der Waals surface area (Å²) in [5.74, 6) is -3.08. The Morgan fingerprint density at radius 3 is 2.27 bits per heavy atom. The predicted octanol–water partition coefficient (Wildman–Crippen LogP) is 2.57. The first kappa shape index (κ1) is 22.1. The molecule has 30 heavy (non-hydrogen) atoms. The van der Waals surface area contributed by atoms with Crippen LogP contribution in [0.5, 0.6) is 0 Å². The second-order valence-electron chi connectivity index (χ2n) is 6.37. The summed E-state index contributed by atoms with van der Waals surface area (Å²) in [6.45, 7) is 3.69. The van der Waals surface area contributed by atoms with E-state index in [4.69, 9.17) is 14.2 Å². The minimum absolute atomic E-state index is 0.153. The van der Waals surface area contributed by atoms with Crippen LogP contribution in [0.2, 0.25) is 0 Å². The lowest BCUT2D eigenvalue weighted by Gasteiger charge is -2.34. The first-order valence-corrected chi connectivity index (χ1v) is 11.0. The van der Waals surface area contributed by atoms with E-state index in [1.54, 1.807) is 38.1 Å². The third-order valence-corrected chi connectivity index (χ3v) is 7.02. The number of H-pyrrole nitrogens is 1. The van der Waals surface area contributed by atoms with Gasteiger partial charge in [0.15, 0.2) is 0 Å². The lowest BCUT2D eigenvalue weighted by Crippen LogP contribution is -2.41. The van der Waals surface area contributed by atoms with E-state index in [0.29, 0.717) is 21.0 Å². The van der Waals surface area contributed by atoms with Crippen LogP contribution >= 0.6 is 23.1 Å². The van der Waals surface area contributed by atoms with Crippen molar-refractivity contribution < 1.29 is 28.6 Å². The summed E-state index contributed by atoms with van der Waals surface area (Å²) in [5, 5.41) is -0.349. The van der Waals surface area contributed by atoms with E-state index in [9.17, 15) is 19.2 Å². The zero-order chi connectivity index (χ0) is 21.8. The van der Waals surface area contributed by atoms with Gasteiger partial charge < -0.3 is 19.2 Å². The topological polar surface area (TPSA) is 112 Å². The fraction of sp³-hybridized carbons (Fsp3) is 0.400. The van der Waals surface area contributed by atoms with Crippen molar-refractivity contribution in [1.29, 1.82) is 0 Å². The number of hydrogen-bond donors (Lipinski definition) is 1. The molecule has 0 spiro atoms. The Morgan fingerprint density at radius 1 is 1.03 bits per heavy atom. The molecule has 1 aromatic carbocycles. The molecule has 10 heteroatoms. The number of carbonyl (C=O) groups is 3. The second-order valence-corrected chi connectivity index (χ2v) is 8.53. The van der Waals surface area contributed by atoms with Crippen molar-refractivity contribution in [3.8, 4) is 0 Å². The first-order valence-electron chi connectivity index (χ1n) is 9.32. The van der Waals surface area contributed by atoms with E-state index >= 15 is 0 Å². The maximum Gasteiger partial charge on any atom is 0.337 e. The number of thiazole rings is 1. The van der Waals surface area contributed by atoms with Gasteiger partial charge in [0.1, 0.15) is 5.25 Å². The Kier molecular flexibility index (Phi) is 6.99. The maximum atomic E-state index is 12.9. The predicted molar refractivity (Wildman–Crippen MR) is 111 cm³/mol. The molecule has 3 atom stereocenters. The summed E-state index contributed by atoms with van der Waals surface area (Å²) in [4.78, 5) is 52.6. The molecule has 2 heterocycles. The van der Waals surface area contributed by atoms with Gasteiger partial charge in [-0.15, -0.1) is 0 Å². The van der Waals surface area contributed by atoms with Crippen LogP contribution in [0, 0.1) is 5.92 Å². The van der Waals surface area contributed by atoms with Gasteiger partial charge in [0, 0.05) is 10.8 Å². The van der Waals surface area contributed by atoms with Crippen LogP contribution in [0.3, 0.4) is 0 Å². The molecule has 0 radical (unpaired) electrons. The Bertz CT molecular complexity index is 995. The molecular formula is C20H21NO7S2. The van der Waals surface area contributed by atoms with Gasteiger partial charge in [0.25, 0.3) is 0 Å². The fourth-order valence-corrected chi connectivity index (χ4v) is 5.84. The lowest BCUT2D eigenvalue weighted by atomic mass is 9.82. The van der Waals surface area contributed by atoms with Gasteiger partial charge in [0.05, 0.1) is 36.8 Å². The number of ether oxygens (including phenoxy) is 3. The SMILES string of the molecule is CCOC(=O)C1Sc2[nH]c(=O)sc2C(c2ccc(C(=O)OC)cc2)C1C(=O)OCC. The molecule has 0 fully saturated rings. The number of carbonyl (C=O) groups excluding carboxylic acids is 3. The van der Waals surface area contributed by atoms with Crippen molar-refractivity contribution >= 4 is 41.0 Å². The molecule has 1 aromatic heterocycles. The normalized spacial score (nSPS) is 20.2. The largest absolute Gasteiger partial charge is 0.466 e. The fourth-order valence-electron chi connectivity index (χ4n) is 3.38. The summed E-state index contributed by atoms with van der Waals surface area (Å²) < 4.78 is 15.2. The number of benzene rings is 1. The zero-order valence-electron chi connectivity index (χ0n) is 16.6. The summed E-state index contributed by atoms with van der Waals surface area (Å²) in [6, 6.07) is 6.55. The Morgan fingerprint density at radius 2 is 1.67 bits per heavy atom. The van der Waals surface area contributed by atoms with Gasteiger partial charge in [-0.3, -0.25) is 14.4 Å². The van der Waals surface area contributed by atoms with E-state index in [2.05, 4.69) is 4.98 Å². The van der Waals surface area contributed by atoms with Crippen molar-refractivity contribution in [3.05, 3.63) is 49.9 Å². The molecule has 160 valence electrons. The second kappa shape index (κ2) is 9.48. The summed E-state index contributed by atoms with van der Waals surface area (Å²) in [5.41, 5.74) is 1.02. The van der Waals surface area contributed by atoms with E-state index in [0.717, 1.165) is 23.1 Å². The monoisotopic (exact) mass is 451 g/mol. The molecule has 8 nitrogen and oxygen atoms in total. The molecule has 2 aromatic rings. The third-order valence-electron chi connectivity index (χ3n) is 4.62. The molecule has 0 saturated heterocycles. The molecule has 1 aliphatic rings. The van der Waals surface area contributed by atoms with E-state index in [1.165, 1.54) is 7.11 Å². The van der Waals surface area contributed by atoms with Crippen molar-refractivity contribution in [1.82, 2.24) is 4.98 Å². The number of aromatic nitrogens is 1. The van der Waals surface area contributed by atoms with Crippen LogP contribution in [-0.2, 0) is 23.8 Å². The number of rotatable bonds is 6. The standard InChI is InChI=1S/C20H21NO7S2/c1-4-27-18(23)13-12(10-6-8-11(9-7-10)17(22)26-3)14-16(21-20(25)30-14)29-15(13)19(24)28-5-2/h6-9,12-13,15H,4-5H2,1-3H3,(H,21,25). The highest BCUT2D eigenvalue weighted by molar-refractivity contribution is 8.00. The highest BCUT2D eigenvalue weighted by atomic mass is 32.2. The maximum absolute atomic E-state index is 12.9. The number of esters is 3. The Hall–Kier alpha value is -2.59. The molecule has 3 rings (SSSR count). The minimum atomic E-state index is -0.892. The molecule has 0 aliphatic carbocycles. The summed E-state index contributed by atoms with van der Waals surface area (Å²) in [6.07, 6.45) is 0. The number of fused-ring (bicyclic) bond motifs is 1. The van der Waals surface area contributed by atoms with Crippen LogP contribution in [0.1, 0.15) is 40.6 Å². The lowest BCUT2D eigenvalue weighted by molar-refractivity contribution is -0.154. The quantitative estimate of drug-likeness (QED) is 0.527. The number of methoxy groups -OCH3 is 1. The van der Waals surface area contributed by atoms with Crippen molar-refractivity contribution in [2.45, 2.75) is 30.0 Å². The highest BCUT2D eigenvalue weighted by Crippen LogP contribution is 2.49.